The van der Waals surface area contributed by atoms with Gasteiger partial charge in [0.2, 0.25) is 0 Å². The average Bonchev–Trinajstić information content (AvgIpc) is 3.01. The van der Waals surface area contributed by atoms with Gasteiger partial charge in [0.15, 0.2) is 5.13 Å². The third kappa shape index (κ3) is 2.67. The largest absolute Gasteiger partial charge is 0.342 e. The number of nitrogens with zero attached hydrogens (tertiary/aromatic N) is 2. The van der Waals surface area contributed by atoms with E-state index in [4.69, 9.17) is 0 Å². The van der Waals surface area contributed by atoms with Gasteiger partial charge in [-0.05, 0) is 32.0 Å². The van der Waals surface area contributed by atoms with Crippen molar-refractivity contribution in [3.63, 3.8) is 0 Å². The van der Waals surface area contributed by atoms with Gasteiger partial charge < -0.3 is 4.98 Å². The van der Waals surface area contributed by atoms with Gasteiger partial charge in [-0.25, -0.2) is 9.97 Å². The summed E-state index contributed by atoms with van der Waals surface area (Å²) >= 11 is 1.49. The van der Waals surface area contributed by atoms with Gasteiger partial charge in [0.25, 0.3) is 5.91 Å². The Kier molecular flexibility index (Phi) is 3.47. The lowest BCUT2D eigenvalue weighted by molar-refractivity contribution is 0.102. The summed E-state index contributed by atoms with van der Waals surface area (Å²) in [6, 6.07) is 5.47. The Morgan fingerprint density at radius 1 is 1.33 bits per heavy atom. The molecule has 108 valence electrons. The number of carbonyl (C=O) groups is 1. The molecule has 2 N–H and O–H groups in total. The van der Waals surface area contributed by atoms with Crippen LogP contribution in [0.1, 0.15) is 33.7 Å². The summed E-state index contributed by atoms with van der Waals surface area (Å²) in [5.41, 5.74) is 3.31. The van der Waals surface area contributed by atoms with E-state index in [2.05, 4.69) is 20.3 Å². The zero-order valence-corrected chi connectivity index (χ0v) is 13.0. The summed E-state index contributed by atoms with van der Waals surface area (Å²) < 4.78 is 0. The first-order chi connectivity index (χ1) is 10.1. The molecule has 0 atom stereocenters. The third-order valence-electron chi connectivity index (χ3n) is 3.38. The number of rotatable bonds is 3. The lowest BCUT2D eigenvalue weighted by Crippen LogP contribution is -2.11. The van der Waals surface area contributed by atoms with Gasteiger partial charge in [-0.15, -0.1) is 11.3 Å². The summed E-state index contributed by atoms with van der Waals surface area (Å²) in [7, 11) is 0. The van der Waals surface area contributed by atoms with E-state index in [1.54, 1.807) is 6.07 Å². The van der Waals surface area contributed by atoms with Crippen molar-refractivity contribution in [2.24, 2.45) is 0 Å². The van der Waals surface area contributed by atoms with Crippen molar-refractivity contribution in [3.05, 3.63) is 40.2 Å². The van der Waals surface area contributed by atoms with Gasteiger partial charge >= 0.3 is 0 Å². The fourth-order valence-corrected chi connectivity index (χ4v) is 2.88. The SMILES string of the molecule is CCc1nc2ccc(C(=O)Nc3nc(C)c(C)s3)cc2[nH]1. The van der Waals surface area contributed by atoms with Crippen LogP contribution < -0.4 is 5.32 Å². The lowest BCUT2D eigenvalue weighted by atomic mass is 10.2. The molecule has 5 nitrogen and oxygen atoms in total. The van der Waals surface area contributed by atoms with Crippen molar-refractivity contribution < 1.29 is 4.79 Å². The normalized spacial score (nSPS) is 11.0. The Balaban J connectivity index is 1.86. The smallest absolute Gasteiger partial charge is 0.257 e. The van der Waals surface area contributed by atoms with Crippen LogP contribution in [-0.2, 0) is 6.42 Å². The van der Waals surface area contributed by atoms with Gasteiger partial charge in [-0.3, -0.25) is 10.1 Å². The zero-order valence-electron chi connectivity index (χ0n) is 12.2. The highest BCUT2D eigenvalue weighted by atomic mass is 32.1. The van der Waals surface area contributed by atoms with E-state index in [0.29, 0.717) is 10.7 Å². The number of carbonyl (C=O) groups excluding carboxylic acids is 1. The molecule has 3 aromatic rings. The Morgan fingerprint density at radius 2 is 2.14 bits per heavy atom. The number of aryl methyl sites for hydroxylation is 3. The number of anilines is 1. The fourth-order valence-electron chi connectivity index (χ4n) is 2.07. The van der Waals surface area contributed by atoms with Gasteiger partial charge in [0.05, 0.1) is 16.7 Å². The second kappa shape index (κ2) is 5.29. The van der Waals surface area contributed by atoms with Crippen LogP contribution in [0, 0.1) is 13.8 Å². The molecular weight excluding hydrogens is 284 g/mol. The molecule has 0 radical (unpaired) electrons. The lowest BCUT2D eigenvalue weighted by Gasteiger charge is -2.01. The molecule has 21 heavy (non-hydrogen) atoms. The molecule has 3 rings (SSSR count). The molecular formula is C15H16N4OS. The number of imidazole rings is 1. The van der Waals surface area contributed by atoms with Gasteiger partial charge in [-0.1, -0.05) is 6.92 Å². The van der Waals surface area contributed by atoms with Crippen molar-refractivity contribution in [3.8, 4) is 0 Å². The first kappa shape index (κ1) is 13.8. The predicted molar refractivity (Wildman–Crippen MR) is 85.0 cm³/mol. The summed E-state index contributed by atoms with van der Waals surface area (Å²) in [4.78, 5) is 25.4. The van der Waals surface area contributed by atoms with Crippen LogP contribution in [0.4, 0.5) is 5.13 Å². The van der Waals surface area contributed by atoms with E-state index in [1.165, 1.54) is 11.3 Å². The molecule has 0 spiro atoms. The molecule has 0 aliphatic rings. The number of thiazole rings is 1. The minimum atomic E-state index is -0.154. The van der Waals surface area contributed by atoms with Crippen LogP contribution >= 0.6 is 11.3 Å². The molecule has 0 aliphatic carbocycles. The van der Waals surface area contributed by atoms with Crippen LogP contribution in [0.25, 0.3) is 11.0 Å². The van der Waals surface area contributed by atoms with E-state index in [-0.39, 0.29) is 5.91 Å². The number of aromatic amines is 1. The molecule has 6 heteroatoms. The Hall–Kier alpha value is -2.21. The fraction of sp³-hybridized carbons (Fsp3) is 0.267. The topological polar surface area (TPSA) is 70.7 Å². The average molecular weight is 300 g/mol. The monoisotopic (exact) mass is 300 g/mol. The van der Waals surface area contributed by atoms with E-state index >= 15 is 0 Å². The minimum absolute atomic E-state index is 0.154. The second-order valence-electron chi connectivity index (χ2n) is 4.88. The van der Waals surface area contributed by atoms with Crippen LogP contribution in [0.2, 0.25) is 0 Å². The van der Waals surface area contributed by atoms with Gasteiger partial charge in [-0.2, -0.15) is 0 Å². The van der Waals surface area contributed by atoms with Gasteiger partial charge in [0, 0.05) is 16.9 Å². The summed E-state index contributed by atoms with van der Waals surface area (Å²) in [5, 5.41) is 3.47. The van der Waals surface area contributed by atoms with Crippen LogP contribution in [0.3, 0.4) is 0 Å². The van der Waals surface area contributed by atoms with Crippen molar-refractivity contribution in [2.75, 3.05) is 5.32 Å². The number of hydrogen-bond acceptors (Lipinski definition) is 4. The van der Waals surface area contributed by atoms with Crippen LogP contribution in [0.15, 0.2) is 18.2 Å². The number of fused-ring (bicyclic) bond motifs is 1. The molecule has 0 fully saturated rings. The van der Waals surface area contributed by atoms with Crippen molar-refractivity contribution in [1.82, 2.24) is 15.0 Å². The third-order valence-corrected chi connectivity index (χ3v) is 4.37. The summed E-state index contributed by atoms with van der Waals surface area (Å²) in [6.07, 6.45) is 0.841. The second-order valence-corrected chi connectivity index (χ2v) is 6.09. The molecule has 1 aromatic carbocycles. The van der Waals surface area contributed by atoms with Crippen LogP contribution in [-0.4, -0.2) is 20.9 Å². The number of amides is 1. The summed E-state index contributed by atoms with van der Waals surface area (Å²) in [6.45, 7) is 5.97. The first-order valence-electron chi connectivity index (χ1n) is 6.81. The van der Waals surface area contributed by atoms with Crippen LogP contribution in [0.5, 0.6) is 0 Å². The number of nitrogens with one attached hydrogen (secondary N) is 2. The highest BCUT2D eigenvalue weighted by Gasteiger charge is 2.11. The molecule has 2 heterocycles. The molecule has 0 saturated heterocycles. The summed E-state index contributed by atoms with van der Waals surface area (Å²) in [5.74, 6) is 0.770. The zero-order chi connectivity index (χ0) is 15.0. The van der Waals surface area contributed by atoms with E-state index in [1.807, 2.05) is 32.9 Å². The van der Waals surface area contributed by atoms with E-state index < -0.39 is 0 Å². The highest BCUT2D eigenvalue weighted by Crippen LogP contribution is 2.22. The number of aromatic nitrogens is 3. The van der Waals surface area contributed by atoms with Gasteiger partial charge in [0.1, 0.15) is 5.82 Å². The molecule has 0 bridgehead atoms. The predicted octanol–water partition coefficient (Wildman–Crippen LogP) is 3.45. The van der Waals surface area contributed by atoms with E-state index in [0.717, 1.165) is 33.8 Å². The Bertz CT molecular complexity index is 799. The maximum absolute atomic E-state index is 12.3. The van der Waals surface area contributed by atoms with Crippen molar-refractivity contribution >= 4 is 33.4 Å². The molecule has 0 aliphatic heterocycles. The molecule has 1 amide bonds. The quantitative estimate of drug-likeness (QED) is 0.778. The molecule has 0 unspecified atom stereocenters. The number of H-pyrrole nitrogens is 1. The number of benzene rings is 1. The van der Waals surface area contributed by atoms with Crippen molar-refractivity contribution in [2.45, 2.75) is 27.2 Å². The standard InChI is InChI=1S/C15H16N4OS/c1-4-13-17-11-6-5-10(7-12(11)18-13)14(20)19-15-16-8(2)9(3)21-15/h5-7H,4H2,1-3H3,(H,17,18)(H,16,19,20). The highest BCUT2D eigenvalue weighted by molar-refractivity contribution is 7.15. The minimum Gasteiger partial charge on any atom is -0.342 e. The van der Waals surface area contributed by atoms with E-state index in [9.17, 15) is 4.79 Å². The maximum Gasteiger partial charge on any atom is 0.257 e. The molecule has 2 aromatic heterocycles. The molecule has 0 saturated carbocycles. The Morgan fingerprint density at radius 3 is 2.81 bits per heavy atom. The number of hydrogen-bond donors (Lipinski definition) is 2. The van der Waals surface area contributed by atoms with Crippen molar-refractivity contribution in [1.29, 1.82) is 0 Å². The first-order valence-corrected chi connectivity index (χ1v) is 7.62. The Labute approximate surface area is 126 Å². The maximum atomic E-state index is 12.3.